The number of hydrogen-bond donors (Lipinski definition) is 2. The summed E-state index contributed by atoms with van der Waals surface area (Å²) in [6.45, 7) is -1.24. The largest absolute Gasteiger partial charge is 0.483 e. The predicted molar refractivity (Wildman–Crippen MR) is 96.5 cm³/mol. The average molecular weight is 431 g/mol. The van der Waals surface area contributed by atoms with Crippen LogP contribution in [0.1, 0.15) is 15.9 Å². The van der Waals surface area contributed by atoms with Crippen LogP contribution in [-0.4, -0.2) is 31.0 Å². The van der Waals surface area contributed by atoms with Crippen LogP contribution < -0.4 is 15.8 Å². The molecule has 154 valence electrons. The fraction of sp³-hybridized carbons (Fsp3) is 0.167. The zero-order valence-electron chi connectivity index (χ0n) is 14.6. The molecule has 0 aliphatic rings. The number of halogens is 4. The van der Waals surface area contributed by atoms with Crippen molar-refractivity contribution in [2.24, 2.45) is 5.73 Å². The molecule has 7 nitrogen and oxygen atoms in total. The fourth-order valence-corrected chi connectivity index (χ4v) is 2.36. The molecule has 29 heavy (non-hydrogen) atoms. The summed E-state index contributed by atoms with van der Waals surface area (Å²) in [5.74, 6) is -2.55. The highest BCUT2D eigenvalue weighted by molar-refractivity contribution is 6.31. The third kappa shape index (κ3) is 6.39. The Labute approximate surface area is 167 Å². The van der Waals surface area contributed by atoms with Crippen molar-refractivity contribution in [3.63, 3.8) is 0 Å². The maximum Gasteiger partial charge on any atom is 0.417 e. The third-order valence-electron chi connectivity index (χ3n) is 3.37. The topological polar surface area (TPSA) is 108 Å². The molecule has 2 aromatic carbocycles. The van der Waals surface area contributed by atoms with Gasteiger partial charge in [-0.05, 0) is 30.3 Å². The number of benzene rings is 2. The Balaban J connectivity index is 2.00. The number of hydrogen-bond acceptors (Lipinski definition) is 5. The van der Waals surface area contributed by atoms with Gasteiger partial charge in [0.25, 0.3) is 11.8 Å². The normalized spacial score (nSPS) is 10.9. The van der Waals surface area contributed by atoms with Crippen LogP contribution >= 0.6 is 11.6 Å². The maximum atomic E-state index is 12.9. The van der Waals surface area contributed by atoms with Crippen LogP contribution in [-0.2, 0) is 20.5 Å². The van der Waals surface area contributed by atoms with E-state index >= 15 is 0 Å². The van der Waals surface area contributed by atoms with Crippen molar-refractivity contribution in [3.05, 3.63) is 58.6 Å². The van der Waals surface area contributed by atoms with Crippen LogP contribution in [0.4, 0.5) is 18.9 Å². The molecule has 0 aromatic heterocycles. The molecule has 0 unspecified atom stereocenters. The molecule has 11 heteroatoms. The second-order valence-electron chi connectivity index (χ2n) is 5.57. The number of nitrogens with one attached hydrogen (secondary N) is 1. The molecule has 0 aliphatic carbocycles. The fourth-order valence-electron chi connectivity index (χ4n) is 2.14. The Morgan fingerprint density at radius 1 is 1.07 bits per heavy atom. The summed E-state index contributed by atoms with van der Waals surface area (Å²) in [5, 5.41) is 1.66. The summed E-state index contributed by atoms with van der Waals surface area (Å²) in [6, 6.07) is 8.59. The zero-order valence-corrected chi connectivity index (χ0v) is 15.3. The molecule has 0 radical (unpaired) electrons. The van der Waals surface area contributed by atoms with E-state index in [1.165, 1.54) is 24.3 Å². The van der Waals surface area contributed by atoms with E-state index < -0.39 is 47.8 Å². The van der Waals surface area contributed by atoms with E-state index in [-0.39, 0.29) is 17.0 Å². The van der Waals surface area contributed by atoms with Crippen LogP contribution in [0.5, 0.6) is 5.75 Å². The number of carbonyl (C=O) groups excluding carboxylic acids is 3. The smallest absolute Gasteiger partial charge is 0.417 e. The van der Waals surface area contributed by atoms with Crippen LogP contribution in [0.25, 0.3) is 0 Å². The van der Waals surface area contributed by atoms with Gasteiger partial charge in [0.15, 0.2) is 13.2 Å². The Kier molecular flexibility index (Phi) is 7.05. The highest BCUT2D eigenvalue weighted by Gasteiger charge is 2.33. The molecule has 0 saturated carbocycles. The van der Waals surface area contributed by atoms with Gasteiger partial charge in [0.05, 0.1) is 10.6 Å². The molecule has 0 aliphatic heterocycles. The monoisotopic (exact) mass is 430 g/mol. The molecular weight excluding hydrogens is 417 g/mol. The van der Waals surface area contributed by atoms with Crippen molar-refractivity contribution in [2.45, 2.75) is 6.18 Å². The minimum absolute atomic E-state index is 0.0178. The lowest BCUT2D eigenvalue weighted by Crippen LogP contribution is -2.23. The van der Waals surface area contributed by atoms with Gasteiger partial charge in [-0.2, -0.15) is 13.2 Å². The summed E-state index contributed by atoms with van der Waals surface area (Å²) >= 11 is 5.51. The van der Waals surface area contributed by atoms with E-state index in [0.717, 1.165) is 6.07 Å². The van der Waals surface area contributed by atoms with E-state index in [9.17, 15) is 27.6 Å². The lowest BCUT2D eigenvalue weighted by atomic mass is 10.2. The van der Waals surface area contributed by atoms with E-state index in [0.29, 0.717) is 6.07 Å². The van der Waals surface area contributed by atoms with Gasteiger partial charge >= 0.3 is 12.1 Å². The first-order valence-corrected chi connectivity index (χ1v) is 8.29. The third-order valence-corrected chi connectivity index (χ3v) is 3.70. The molecule has 0 fully saturated rings. The number of nitrogens with two attached hydrogens (primary N) is 1. The molecule has 0 spiro atoms. The number of amides is 2. The lowest BCUT2D eigenvalue weighted by Gasteiger charge is -2.12. The predicted octanol–water partition coefficient (Wildman–Crippen LogP) is 3.02. The first kappa shape index (κ1) is 22.0. The molecule has 0 atom stereocenters. The Morgan fingerprint density at radius 3 is 2.41 bits per heavy atom. The molecule has 2 rings (SSSR count). The van der Waals surface area contributed by atoms with Gasteiger partial charge < -0.3 is 20.5 Å². The lowest BCUT2D eigenvalue weighted by molar-refractivity contribution is -0.137. The Morgan fingerprint density at radius 2 is 1.76 bits per heavy atom. The molecule has 2 aromatic rings. The van der Waals surface area contributed by atoms with E-state index in [4.69, 9.17) is 26.8 Å². The van der Waals surface area contributed by atoms with Gasteiger partial charge in [-0.3, -0.25) is 9.59 Å². The highest BCUT2D eigenvalue weighted by Crippen LogP contribution is 2.36. The summed E-state index contributed by atoms with van der Waals surface area (Å²) in [5.41, 5.74) is 3.62. The van der Waals surface area contributed by atoms with Gasteiger partial charge in [0.2, 0.25) is 0 Å². The molecular formula is C18H14ClF3N2O5. The van der Waals surface area contributed by atoms with Crippen LogP contribution in [0.15, 0.2) is 42.5 Å². The van der Waals surface area contributed by atoms with E-state index in [1.54, 1.807) is 6.07 Å². The summed E-state index contributed by atoms with van der Waals surface area (Å²) in [7, 11) is 0. The highest BCUT2D eigenvalue weighted by atomic mass is 35.5. The first-order chi connectivity index (χ1) is 13.6. The van der Waals surface area contributed by atoms with Crippen molar-refractivity contribution in [2.75, 3.05) is 18.5 Å². The standard InChI is InChI=1S/C18H14ClF3N2O5/c19-13-6-5-10(7-12(13)18(20,21)22)24-16(26)9-29-17(27)11-3-1-2-4-14(11)28-8-15(23)25/h1-7H,8-9H2,(H2,23,25)(H,24,26). The minimum atomic E-state index is -4.70. The van der Waals surface area contributed by atoms with Crippen LogP contribution in [0.3, 0.4) is 0 Å². The van der Waals surface area contributed by atoms with Crippen LogP contribution in [0.2, 0.25) is 5.02 Å². The maximum absolute atomic E-state index is 12.9. The van der Waals surface area contributed by atoms with Crippen molar-refractivity contribution >= 4 is 35.1 Å². The summed E-state index contributed by atoms with van der Waals surface area (Å²) in [4.78, 5) is 34.8. The number of anilines is 1. The summed E-state index contributed by atoms with van der Waals surface area (Å²) < 4.78 is 48.5. The second-order valence-corrected chi connectivity index (χ2v) is 5.98. The van der Waals surface area contributed by atoms with Crippen molar-refractivity contribution in [1.29, 1.82) is 0 Å². The van der Waals surface area contributed by atoms with Gasteiger partial charge in [-0.25, -0.2) is 4.79 Å². The second kappa shape index (κ2) is 9.28. The van der Waals surface area contributed by atoms with Gasteiger partial charge in [-0.1, -0.05) is 23.7 Å². The minimum Gasteiger partial charge on any atom is -0.483 e. The summed E-state index contributed by atoms with van der Waals surface area (Å²) in [6.07, 6.45) is -4.70. The number of ether oxygens (including phenoxy) is 2. The number of alkyl halides is 3. The quantitative estimate of drug-likeness (QED) is 0.656. The van der Waals surface area contributed by atoms with Gasteiger partial charge in [-0.15, -0.1) is 0 Å². The van der Waals surface area contributed by atoms with Crippen molar-refractivity contribution in [3.8, 4) is 5.75 Å². The van der Waals surface area contributed by atoms with Crippen molar-refractivity contribution < 1.29 is 37.0 Å². The Hall–Kier alpha value is -3.27. The van der Waals surface area contributed by atoms with E-state index in [2.05, 4.69) is 5.32 Å². The number of rotatable bonds is 7. The Bertz CT molecular complexity index is 934. The zero-order chi connectivity index (χ0) is 21.6. The van der Waals surface area contributed by atoms with E-state index in [1.807, 2.05) is 0 Å². The SMILES string of the molecule is NC(=O)COc1ccccc1C(=O)OCC(=O)Nc1ccc(Cl)c(C(F)(F)F)c1. The molecule has 3 N–H and O–H groups in total. The molecule has 0 saturated heterocycles. The number of esters is 1. The molecule has 0 heterocycles. The number of carbonyl (C=O) groups is 3. The van der Waals surface area contributed by atoms with Gasteiger partial charge in [0, 0.05) is 5.69 Å². The number of para-hydroxylation sites is 1. The number of primary amides is 1. The first-order valence-electron chi connectivity index (χ1n) is 7.92. The average Bonchev–Trinajstić information content (AvgIpc) is 2.65. The molecule has 2 amide bonds. The van der Waals surface area contributed by atoms with Gasteiger partial charge in [0.1, 0.15) is 11.3 Å². The van der Waals surface area contributed by atoms with Crippen molar-refractivity contribution in [1.82, 2.24) is 0 Å². The van der Waals surface area contributed by atoms with Crippen LogP contribution in [0, 0.1) is 0 Å². The molecule has 0 bridgehead atoms.